The van der Waals surface area contributed by atoms with E-state index in [1.165, 1.54) is 6.20 Å². The number of benzene rings is 2. The van der Waals surface area contributed by atoms with Crippen LogP contribution in [0.3, 0.4) is 0 Å². The number of para-hydroxylation sites is 1. The number of rotatable bonds is 8. The minimum atomic E-state index is -0.695. The molecular weight excluding hydrogens is 368 g/mol. The van der Waals surface area contributed by atoms with E-state index in [2.05, 4.69) is 20.6 Å². The average molecular weight is 390 g/mol. The minimum absolute atomic E-state index is 0.0341. The molecule has 0 spiro atoms. The number of nitrogens with zero attached hydrogens (tertiary/aromatic N) is 2. The fourth-order valence-corrected chi connectivity index (χ4v) is 2.76. The molecule has 3 rings (SSSR count). The van der Waals surface area contributed by atoms with Crippen LogP contribution >= 0.6 is 0 Å². The molecule has 2 amide bonds. The highest BCUT2D eigenvalue weighted by Crippen LogP contribution is 2.19. The van der Waals surface area contributed by atoms with Crippen LogP contribution in [0.1, 0.15) is 26.5 Å². The van der Waals surface area contributed by atoms with Gasteiger partial charge in [-0.1, -0.05) is 30.3 Å². The number of anilines is 1. The Morgan fingerprint density at radius 1 is 1.00 bits per heavy atom. The number of carbonyl (C=O) groups excluding carboxylic acids is 2. The Hall–Kier alpha value is -3.78. The largest absolute Gasteiger partial charge is 0.383 e. The first kappa shape index (κ1) is 20.0. The molecule has 3 aromatic rings. The molecule has 8 nitrogen and oxygen atoms in total. The Kier molecular flexibility index (Phi) is 6.49. The van der Waals surface area contributed by atoms with Gasteiger partial charge in [0.25, 0.3) is 11.8 Å². The SMILES string of the molecule is NCc1ncc(-c2cccc(C(=O)NCCNc3ccccc3)c2)nc1C(N)=O. The molecule has 2 aromatic carbocycles. The van der Waals surface area contributed by atoms with Crippen molar-refractivity contribution in [1.82, 2.24) is 15.3 Å². The Balaban J connectivity index is 1.66. The maximum atomic E-state index is 12.4. The molecule has 0 unspecified atom stereocenters. The van der Waals surface area contributed by atoms with Crippen LogP contribution in [0.2, 0.25) is 0 Å². The third kappa shape index (κ3) is 5.14. The van der Waals surface area contributed by atoms with Crippen LogP contribution in [0, 0.1) is 0 Å². The standard InChI is InChI=1S/C21H22N6O2/c22-12-17-19(20(23)28)27-18(13-26-17)14-5-4-6-15(11-14)21(29)25-10-9-24-16-7-2-1-3-8-16/h1-8,11,13,24H,9-10,12,22H2,(H2,23,28)(H,25,29). The first-order chi connectivity index (χ1) is 14.1. The van der Waals surface area contributed by atoms with E-state index in [-0.39, 0.29) is 18.1 Å². The summed E-state index contributed by atoms with van der Waals surface area (Å²) in [7, 11) is 0. The predicted molar refractivity (Wildman–Crippen MR) is 111 cm³/mol. The van der Waals surface area contributed by atoms with Crippen molar-refractivity contribution in [3.05, 3.63) is 77.7 Å². The fourth-order valence-electron chi connectivity index (χ4n) is 2.76. The van der Waals surface area contributed by atoms with Gasteiger partial charge in [0.15, 0.2) is 5.69 Å². The van der Waals surface area contributed by atoms with Crippen LogP contribution in [0.25, 0.3) is 11.3 Å². The maximum absolute atomic E-state index is 12.4. The number of carbonyl (C=O) groups is 2. The van der Waals surface area contributed by atoms with Crippen molar-refractivity contribution in [2.24, 2.45) is 11.5 Å². The van der Waals surface area contributed by atoms with E-state index in [0.29, 0.717) is 35.6 Å². The molecule has 0 radical (unpaired) electrons. The predicted octanol–water partition coefficient (Wildman–Crippen LogP) is 1.54. The lowest BCUT2D eigenvalue weighted by molar-refractivity contribution is 0.0953. The van der Waals surface area contributed by atoms with Crippen LogP contribution in [0.4, 0.5) is 5.69 Å². The van der Waals surface area contributed by atoms with E-state index >= 15 is 0 Å². The topological polar surface area (TPSA) is 136 Å². The van der Waals surface area contributed by atoms with E-state index < -0.39 is 5.91 Å². The summed E-state index contributed by atoms with van der Waals surface area (Å²) in [5, 5.41) is 6.10. The Morgan fingerprint density at radius 3 is 2.52 bits per heavy atom. The van der Waals surface area contributed by atoms with E-state index in [9.17, 15) is 9.59 Å². The van der Waals surface area contributed by atoms with Gasteiger partial charge in [-0.25, -0.2) is 4.98 Å². The molecule has 1 aromatic heterocycles. The number of amides is 2. The van der Waals surface area contributed by atoms with Gasteiger partial charge in [-0.2, -0.15) is 0 Å². The summed E-state index contributed by atoms with van der Waals surface area (Å²) in [5.41, 5.74) is 13.9. The molecule has 0 saturated carbocycles. The van der Waals surface area contributed by atoms with Crippen molar-refractivity contribution in [2.75, 3.05) is 18.4 Å². The summed E-state index contributed by atoms with van der Waals surface area (Å²) in [6.45, 7) is 1.13. The lowest BCUT2D eigenvalue weighted by Gasteiger charge is -2.10. The highest BCUT2D eigenvalue weighted by Gasteiger charge is 2.14. The monoisotopic (exact) mass is 390 g/mol. The lowest BCUT2D eigenvalue weighted by Crippen LogP contribution is -2.28. The molecule has 0 bridgehead atoms. The van der Waals surface area contributed by atoms with Gasteiger partial charge in [-0.05, 0) is 24.3 Å². The van der Waals surface area contributed by atoms with Crippen molar-refractivity contribution in [3.8, 4) is 11.3 Å². The van der Waals surface area contributed by atoms with Gasteiger partial charge in [-0.15, -0.1) is 0 Å². The van der Waals surface area contributed by atoms with Gasteiger partial charge in [0.1, 0.15) is 0 Å². The third-order valence-electron chi connectivity index (χ3n) is 4.21. The molecule has 0 aliphatic carbocycles. The van der Waals surface area contributed by atoms with E-state index in [1.807, 2.05) is 30.3 Å². The van der Waals surface area contributed by atoms with Crippen molar-refractivity contribution < 1.29 is 9.59 Å². The van der Waals surface area contributed by atoms with Crippen LogP contribution in [0.5, 0.6) is 0 Å². The highest BCUT2D eigenvalue weighted by atomic mass is 16.2. The zero-order valence-corrected chi connectivity index (χ0v) is 15.8. The molecule has 0 saturated heterocycles. The molecule has 0 aliphatic heterocycles. The quantitative estimate of drug-likeness (QED) is 0.431. The number of nitrogens with two attached hydrogens (primary N) is 2. The van der Waals surface area contributed by atoms with Gasteiger partial charge < -0.3 is 22.1 Å². The normalized spacial score (nSPS) is 10.4. The summed E-state index contributed by atoms with van der Waals surface area (Å²) < 4.78 is 0. The van der Waals surface area contributed by atoms with Crippen LogP contribution in [-0.4, -0.2) is 34.9 Å². The number of aromatic nitrogens is 2. The second-order valence-corrected chi connectivity index (χ2v) is 6.25. The molecule has 6 N–H and O–H groups in total. The van der Waals surface area contributed by atoms with Crippen LogP contribution in [-0.2, 0) is 6.54 Å². The summed E-state index contributed by atoms with van der Waals surface area (Å²) in [6, 6.07) is 16.7. The first-order valence-corrected chi connectivity index (χ1v) is 9.12. The number of nitrogens with one attached hydrogen (secondary N) is 2. The zero-order chi connectivity index (χ0) is 20.6. The molecule has 0 aliphatic rings. The summed E-state index contributed by atoms with van der Waals surface area (Å²) in [6.07, 6.45) is 1.51. The van der Waals surface area contributed by atoms with Gasteiger partial charge in [-0.3, -0.25) is 14.6 Å². The highest BCUT2D eigenvalue weighted by molar-refractivity contribution is 5.95. The van der Waals surface area contributed by atoms with Crippen molar-refractivity contribution in [3.63, 3.8) is 0 Å². The Morgan fingerprint density at radius 2 is 1.79 bits per heavy atom. The number of hydrogen-bond donors (Lipinski definition) is 4. The third-order valence-corrected chi connectivity index (χ3v) is 4.21. The molecule has 1 heterocycles. The van der Waals surface area contributed by atoms with Crippen molar-refractivity contribution in [1.29, 1.82) is 0 Å². The second kappa shape index (κ2) is 9.43. The van der Waals surface area contributed by atoms with Crippen molar-refractivity contribution in [2.45, 2.75) is 6.54 Å². The summed E-state index contributed by atoms with van der Waals surface area (Å²) in [5.74, 6) is -0.900. The van der Waals surface area contributed by atoms with Gasteiger partial charge >= 0.3 is 0 Å². The zero-order valence-electron chi connectivity index (χ0n) is 15.8. The molecule has 8 heteroatoms. The average Bonchev–Trinajstić information content (AvgIpc) is 2.77. The summed E-state index contributed by atoms with van der Waals surface area (Å²) in [4.78, 5) is 32.5. The second-order valence-electron chi connectivity index (χ2n) is 6.25. The van der Waals surface area contributed by atoms with E-state index in [4.69, 9.17) is 11.5 Å². The minimum Gasteiger partial charge on any atom is -0.383 e. The maximum Gasteiger partial charge on any atom is 0.269 e. The fraction of sp³-hybridized carbons (Fsp3) is 0.143. The van der Waals surface area contributed by atoms with Gasteiger partial charge in [0, 0.05) is 36.4 Å². The van der Waals surface area contributed by atoms with E-state index in [1.54, 1.807) is 24.3 Å². The molecule has 0 atom stereocenters. The number of hydrogen-bond acceptors (Lipinski definition) is 6. The molecular formula is C21H22N6O2. The van der Waals surface area contributed by atoms with Gasteiger partial charge in [0.05, 0.1) is 17.6 Å². The van der Waals surface area contributed by atoms with Crippen LogP contribution < -0.4 is 22.1 Å². The molecule has 0 fully saturated rings. The lowest BCUT2D eigenvalue weighted by atomic mass is 10.1. The first-order valence-electron chi connectivity index (χ1n) is 9.12. The van der Waals surface area contributed by atoms with Crippen molar-refractivity contribution >= 4 is 17.5 Å². The van der Waals surface area contributed by atoms with E-state index in [0.717, 1.165) is 5.69 Å². The van der Waals surface area contributed by atoms with Crippen LogP contribution in [0.15, 0.2) is 60.8 Å². The summed E-state index contributed by atoms with van der Waals surface area (Å²) >= 11 is 0. The smallest absolute Gasteiger partial charge is 0.269 e. The molecule has 148 valence electrons. The molecule has 29 heavy (non-hydrogen) atoms. The number of primary amides is 1. The van der Waals surface area contributed by atoms with Gasteiger partial charge in [0.2, 0.25) is 0 Å². The Bertz CT molecular complexity index is 1010. The Labute approximate surface area is 168 Å².